The molecule has 0 N–H and O–H groups in total. The van der Waals surface area contributed by atoms with Crippen LogP contribution in [0.3, 0.4) is 0 Å². The first-order valence-electron chi connectivity index (χ1n) is 5.91. The Kier molecular flexibility index (Phi) is 3.60. The van der Waals surface area contributed by atoms with Crippen LogP contribution >= 0.6 is 0 Å². The molecule has 0 bridgehead atoms. The number of hydrogen-bond acceptors (Lipinski definition) is 4. The molecule has 2 aliphatic rings. The molecule has 0 unspecified atom stereocenters. The van der Waals surface area contributed by atoms with Crippen molar-refractivity contribution >= 4 is 14.0 Å². The van der Waals surface area contributed by atoms with E-state index in [9.17, 15) is 0 Å². The summed E-state index contributed by atoms with van der Waals surface area (Å²) in [4.78, 5) is 9.23. The van der Waals surface area contributed by atoms with Crippen molar-refractivity contribution in [2.75, 3.05) is 54.4 Å². The maximum atomic E-state index is 3.40. The lowest BCUT2D eigenvalue weighted by atomic mass is 9.68. The van der Waals surface area contributed by atoms with Crippen LogP contribution in [0.5, 0.6) is 0 Å². The van der Waals surface area contributed by atoms with Crippen LogP contribution in [0.25, 0.3) is 0 Å². The predicted octanol–water partition coefficient (Wildman–Crippen LogP) is -1.20. The van der Waals surface area contributed by atoms with Crippen molar-refractivity contribution in [1.82, 2.24) is 19.2 Å². The highest BCUT2D eigenvalue weighted by atomic mass is 15.3. The Bertz CT molecular complexity index is 266. The molecule has 6 heteroatoms. The van der Waals surface area contributed by atoms with Gasteiger partial charge < -0.3 is 19.2 Å². The SMILES string of the molecule is CN1CCN(C)B1C#CB1N(C)CCN1C. The highest BCUT2D eigenvalue weighted by Crippen LogP contribution is 2.07. The molecule has 0 aromatic heterocycles. The molecule has 0 aromatic carbocycles. The normalized spacial score (nSPS) is 25.2. The van der Waals surface area contributed by atoms with Gasteiger partial charge in [-0.05, 0) is 28.2 Å². The van der Waals surface area contributed by atoms with Crippen molar-refractivity contribution in [3.63, 3.8) is 0 Å². The summed E-state index contributed by atoms with van der Waals surface area (Å²) in [6.45, 7) is 5.06. The van der Waals surface area contributed by atoms with Gasteiger partial charge in [-0.1, -0.05) is 0 Å². The van der Waals surface area contributed by atoms with Gasteiger partial charge in [0, 0.05) is 26.2 Å². The van der Waals surface area contributed by atoms with Crippen LogP contribution in [0.2, 0.25) is 0 Å². The van der Waals surface area contributed by atoms with Gasteiger partial charge in [-0.15, -0.1) is 11.6 Å². The van der Waals surface area contributed by atoms with E-state index < -0.39 is 0 Å². The van der Waals surface area contributed by atoms with Crippen molar-refractivity contribution in [1.29, 1.82) is 0 Å². The van der Waals surface area contributed by atoms with Crippen molar-refractivity contribution in [2.24, 2.45) is 0 Å². The fourth-order valence-corrected chi connectivity index (χ4v) is 2.38. The van der Waals surface area contributed by atoms with Gasteiger partial charge in [-0.3, -0.25) is 0 Å². The first-order valence-corrected chi connectivity index (χ1v) is 5.91. The minimum absolute atomic E-state index is 0.294. The van der Waals surface area contributed by atoms with Crippen LogP contribution in [0.4, 0.5) is 0 Å². The third-order valence-electron chi connectivity index (χ3n) is 3.62. The zero-order valence-electron chi connectivity index (χ0n) is 10.8. The van der Waals surface area contributed by atoms with Gasteiger partial charge in [-0.25, -0.2) is 0 Å². The van der Waals surface area contributed by atoms with E-state index in [2.05, 4.69) is 59.1 Å². The Balaban J connectivity index is 2.03. The van der Waals surface area contributed by atoms with Crippen LogP contribution in [-0.4, -0.2) is 87.6 Å². The minimum atomic E-state index is 0.294. The molecule has 86 valence electrons. The monoisotopic (exact) mass is 218 g/mol. The van der Waals surface area contributed by atoms with Crippen LogP contribution < -0.4 is 0 Å². The molecule has 0 radical (unpaired) electrons. The van der Waals surface area contributed by atoms with Crippen LogP contribution in [0.1, 0.15) is 0 Å². The summed E-state index contributed by atoms with van der Waals surface area (Å²) in [6.07, 6.45) is 0. The molecular weight excluding hydrogens is 198 g/mol. The molecule has 2 fully saturated rings. The van der Waals surface area contributed by atoms with Gasteiger partial charge in [0.05, 0.1) is 0 Å². The second-order valence-electron chi connectivity index (χ2n) is 4.96. The molecule has 0 amide bonds. The van der Waals surface area contributed by atoms with E-state index in [4.69, 9.17) is 0 Å². The van der Waals surface area contributed by atoms with E-state index in [1.807, 2.05) is 0 Å². The smallest absolute Gasteiger partial charge is 0.319 e. The Hall–Kier alpha value is -0.470. The second-order valence-corrected chi connectivity index (χ2v) is 4.96. The molecule has 0 spiro atoms. The van der Waals surface area contributed by atoms with E-state index in [0.29, 0.717) is 14.0 Å². The van der Waals surface area contributed by atoms with Gasteiger partial charge in [0.2, 0.25) is 0 Å². The third kappa shape index (κ3) is 2.28. The second kappa shape index (κ2) is 4.80. The quantitative estimate of drug-likeness (QED) is 0.374. The molecular formula is C10H20B2N4. The fourth-order valence-electron chi connectivity index (χ4n) is 2.38. The summed E-state index contributed by atoms with van der Waals surface area (Å²) in [5.41, 5.74) is 0. The first kappa shape index (κ1) is 12.0. The number of rotatable bonds is 0. The molecule has 0 saturated carbocycles. The lowest BCUT2D eigenvalue weighted by molar-refractivity contribution is 0.553. The molecule has 2 heterocycles. The third-order valence-corrected chi connectivity index (χ3v) is 3.62. The van der Waals surface area contributed by atoms with Gasteiger partial charge in [-0.2, -0.15) is 0 Å². The predicted molar refractivity (Wildman–Crippen MR) is 69.8 cm³/mol. The summed E-state index contributed by atoms with van der Waals surface area (Å²) >= 11 is 0. The Morgan fingerprint density at radius 1 is 0.625 bits per heavy atom. The number of hydrogen-bond donors (Lipinski definition) is 0. The van der Waals surface area contributed by atoms with Crippen molar-refractivity contribution in [3.8, 4) is 11.6 Å². The standard InChI is InChI=1S/C10H20B2N4/c1-13-7-8-14(2)11(13)5-6-12-15(3)9-10-16(12)4/h7-10H2,1-4H3. The van der Waals surface area contributed by atoms with Gasteiger partial charge >= 0.3 is 14.0 Å². The van der Waals surface area contributed by atoms with Crippen molar-refractivity contribution < 1.29 is 0 Å². The first-order chi connectivity index (χ1) is 7.59. The molecule has 2 saturated heterocycles. The molecule has 16 heavy (non-hydrogen) atoms. The lowest BCUT2D eigenvalue weighted by Gasteiger charge is -2.16. The summed E-state index contributed by atoms with van der Waals surface area (Å²) in [5.74, 6) is 6.80. The summed E-state index contributed by atoms with van der Waals surface area (Å²) in [7, 11) is 8.58. The van der Waals surface area contributed by atoms with Gasteiger partial charge in [0.15, 0.2) is 0 Å². The zero-order chi connectivity index (χ0) is 11.7. The van der Waals surface area contributed by atoms with E-state index in [-0.39, 0.29) is 0 Å². The minimum Gasteiger partial charge on any atom is -0.319 e. The summed E-state index contributed by atoms with van der Waals surface area (Å²) < 4.78 is 0. The van der Waals surface area contributed by atoms with E-state index in [1.165, 1.54) is 0 Å². The number of likely N-dealkylation sites (N-methyl/N-ethyl adjacent to an activating group) is 4. The molecule has 0 aromatic rings. The molecule has 0 aliphatic carbocycles. The summed E-state index contributed by atoms with van der Waals surface area (Å²) in [6, 6.07) is 0. The lowest BCUT2D eigenvalue weighted by Crippen LogP contribution is -2.42. The zero-order valence-corrected chi connectivity index (χ0v) is 10.8. The average Bonchev–Trinajstić information content (AvgIpc) is 2.72. The van der Waals surface area contributed by atoms with Gasteiger partial charge in [0.25, 0.3) is 0 Å². The summed E-state index contributed by atoms with van der Waals surface area (Å²) in [5, 5.41) is 0. The molecule has 4 nitrogen and oxygen atoms in total. The Labute approximate surface area is 99.8 Å². The van der Waals surface area contributed by atoms with Crippen molar-refractivity contribution in [2.45, 2.75) is 0 Å². The topological polar surface area (TPSA) is 13.0 Å². The van der Waals surface area contributed by atoms with Gasteiger partial charge in [0.1, 0.15) is 0 Å². The van der Waals surface area contributed by atoms with Crippen LogP contribution in [0, 0.1) is 11.6 Å². The Morgan fingerprint density at radius 2 is 0.875 bits per heavy atom. The van der Waals surface area contributed by atoms with Crippen molar-refractivity contribution in [3.05, 3.63) is 0 Å². The molecule has 2 aliphatic heterocycles. The van der Waals surface area contributed by atoms with E-state index in [1.54, 1.807) is 0 Å². The fraction of sp³-hybridized carbons (Fsp3) is 0.800. The largest absolute Gasteiger partial charge is 0.398 e. The average molecular weight is 218 g/mol. The van der Waals surface area contributed by atoms with Crippen LogP contribution in [0.15, 0.2) is 0 Å². The number of nitrogens with zero attached hydrogens (tertiary/aromatic N) is 4. The maximum Gasteiger partial charge on any atom is 0.398 e. The molecule has 2 rings (SSSR count). The van der Waals surface area contributed by atoms with Crippen LogP contribution in [-0.2, 0) is 0 Å². The highest BCUT2D eigenvalue weighted by molar-refractivity contribution is 6.68. The van der Waals surface area contributed by atoms with E-state index in [0.717, 1.165) is 26.2 Å². The Morgan fingerprint density at radius 3 is 1.12 bits per heavy atom. The van der Waals surface area contributed by atoms with E-state index >= 15 is 0 Å². The molecule has 0 atom stereocenters. The highest BCUT2D eigenvalue weighted by Gasteiger charge is 2.33. The maximum absolute atomic E-state index is 3.40.